The van der Waals surface area contributed by atoms with E-state index >= 15 is 0 Å². The molecular weight excluding hydrogens is 286 g/mol. The summed E-state index contributed by atoms with van der Waals surface area (Å²) in [6.45, 7) is 0.0923. The van der Waals surface area contributed by atoms with Gasteiger partial charge < -0.3 is 10.1 Å². The van der Waals surface area contributed by atoms with Crippen LogP contribution in [-0.4, -0.2) is 7.05 Å². The minimum atomic E-state index is -4.48. The molecule has 0 bridgehead atoms. The Labute approximate surface area is 119 Å². The maximum atomic E-state index is 13.0. The van der Waals surface area contributed by atoms with Gasteiger partial charge in [0, 0.05) is 12.6 Å². The third-order valence-electron chi connectivity index (χ3n) is 2.79. The molecule has 0 atom stereocenters. The van der Waals surface area contributed by atoms with E-state index in [1.807, 2.05) is 0 Å². The smallest absolute Gasteiger partial charge is 0.416 e. The molecule has 0 fully saturated rings. The molecule has 0 spiro atoms. The maximum absolute atomic E-state index is 13.0. The topological polar surface area (TPSA) is 21.3 Å². The molecule has 2 nitrogen and oxygen atoms in total. The van der Waals surface area contributed by atoms with Gasteiger partial charge in [0.05, 0.1) is 5.56 Å². The van der Waals surface area contributed by atoms with Gasteiger partial charge in [0.25, 0.3) is 0 Å². The van der Waals surface area contributed by atoms with Crippen LogP contribution >= 0.6 is 0 Å². The summed E-state index contributed by atoms with van der Waals surface area (Å²) in [6.07, 6.45) is -4.48. The van der Waals surface area contributed by atoms with Gasteiger partial charge >= 0.3 is 6.18 Å². The molecule has 0 aliphatic heterocycles. The molecule has 1 N–H and O–H groups in total. The van der Waals surface area contributed by atoms with E-state index in [4.69, 9.17) is 4.74 Å². The van der Waals surface area contributed by atoms with E-state index in [-0.39, 0.29) is 23.6 Å². The van der Waals surface area contributed by atoms with Crippen LogP contribution in [-0.2, 0) is 12.7 Å². The first-order valence-electron chi connectivity index (χ1n) is 6.18. The fraction of sp³-hybridized carbons (Fsp3) is 0.200. The molecule has 0 saturated carbocycles. The van der Waals surface area contributed by atoms with Gasteiger partial charge in [-0.3, -0.25) is 0 Å². The fourth-order valence-electron chi connectivity index (χ4n) is 1.89. The molecule has 0 saturated heterocycles. The van der Waals surface area contributed by atoms with Gasteiger partial charge in [0.2, 0.25) is 0 Å². The lowest BCUT2D eigenvalue weighted by atomic mass is 10.1. The summed E-state index contributed by atoms with van der Waals surface area (Å²) >= 11 is 0. The highest BCUT2D eigenvalue weighted by Crippen LogP contribution is 2.35. The highest BCUT2D eigenvalue weighted by Gasteiger charge is 2.33. The molecular formula is C15H13F4NO. The number of benzene rings is 2. The van der Waals surface area contributed by atoms with Crippen LogP contribution in [0, 0.1) is 5.82 Å². The first kappa shape index (κ1) is 15.3. The third-order valence-corrected chi connectivity index (χ3v) is 2.79. The Hall–Kier alpha value is -2.08. The predicted molar refractivity (Wildman–Crippen MR) is 70.7 cm³/mol. The summed E-state index contributed by atoms with van der Waals surface area (Å²) in [5.41, 5.74) is -0.651. The number of nitrogens with one attached hydrogen (secondary N) is 1. The molecule has 0 radical (unpaired) electrons. The summed E-state index contributed by atoms with van der Waals surface area (Å²) in [6, 6.07) is 8.90. The predicted octanol–water partition coefficient (Wildman–Crippen LogP) is 4.36. The molecule has 2 rings (SSSR count). The Balaban J connectivity index is 2.33. The van der Waals surface area contributed by atoms with Crippen LogP contribution in [0.5, 0.6) is 11.5 Å². The summed E-state index contributed by atoms with van der Waals surface area (Å²) in [5.74, 6) is -0.368. The zero-order valence-corrected chi connectivity index (χ0v) is 11.2. The van der Waals surface area contributed by atoms with Crippen molar-refractivity contribution < 1.29 is 22.3 Å². The zero-order chi connectivity index (χ0) is 15.5. The van der Waals surface area contributed by atoms with Crippen molar-refractivity contribution in [2.24, 2.45) is 0 Å². The highest BCUT2D eigenvalue weighted by atomic mass is 19.4. The second-order valence-electron chi connectivity index (χ2n) is 4.41. The number of rotatable bonds is 4. The number of hydrogen-bond acceptors (Lipinski definition) is 2. The number of hydrogen-bond donors (Lipinski definition) is 1. The van der Waals surface area contributed by atoms with Gasteiger partial charge in [-0.05, 0) is 36.9 Å². The van der Waals surface area contributed by atoms with E-state index in [9.17, 15) is 17.6 Å². The number of alkyl halides is 3. The molecule has 0 aliphatic rings. The Morgan fingerprint density at radius 1 is 1.05 bits per heavy atom. The van der Waals surface area contributed by atoms with Crippen molar-refractivity contribution in [1.29, 1.82) is 0 Å². The molecule has 0 heterocycles. The first-order valence-corrected chi connectivity index (χ1v) is 6.18. The molecule has 2 aromatic rings. The van der Waals surface area contributed by atoms with E-state index in [0.717, 1.165) is 12.1 Å². The normalized spacial score (nSPS) is 11.5. The van der Waals surface area contributed by atoms with E-state index in [1.54, 1.807) is 7.05 Å². The van der Waals surface area contributed by atoms with Crippen molar-refractivity contribution in [3.05, 3.63) is 59.4 Å². The molecule has 0 amide bonds. The molecule has 0 unspecified atom stereocenters. The van der Waals surface area contributed by atoms with Crippen molar-refractivity contribution >= 4 is 0 Å². The Morgan fingerprint density at radius 2 is 1.76 bits per heavy atom. The molecule has 21 heavy (non-hydrogen) atoms. The van der Waals surface area contributed by atoms with Crippen LogP contribution < -0.4 is 10.1 Å². The van der Waals surface area contributed by atoms with Crippen LogP contribution in [0.25, 0.3) is 0 Å². The Bertz CT molecular complexity index is 625. The largest absolute Gasteiger partial charge is 0.457 e. The minimum absolute atomic E-state index is 0.00720. The van der Waals surface area contributed by atoms with Crippen LogP contribution in [0.2, 0.25) is 0 Å². The summed E-state index contributed by atoms with van der Waals surface area (Å²) in [5, 5.41) is 2.68. The van der Waals surface area contributed by atoms with Gasteiger partial charge in [-0.1, -0.05) is 12.1 Å². The van der Waals surface area contributed by atoms with Crippen molar-refractivity contribution in [1.82, 2.24) is 5.32 Å². The molecule has 6 heteroatoms. The van der Waals surface area contributed by atoms with E-state index in [0.29, 0.717) is 0 Å². The van der Waals surface area contributed by atoms with E-state index in [1.165, 1.54) is 30.3 Å². The summed E-state index contributed by atoms with van der Waals surface area (Å²) in [7, 11) is 1.57. The summed E-state index contributed by atoms with van der Waals surface area (Å²) in [4.78, 5) is 0. The van der Waals surface area contributed by atoms with Crippen molar-refractivity contribution in [3.63, 3.8) is 0 Å². The van der Waals surface area contributed by atoms with E-state index < -0.39 is 17.6 Å². The van der Waals surface area contributed by atoms with Gasteiger partial charge in [0.15, 0.2) is 0 Å². The average Bonchev–Trinajstić information content (AvgIpc) is 2.39. The lowest BCUT2D eigenvalue weighted by Crippen LogP contribution is -2.14. The van der Waals surface area contributed by atoms with Crippen LogP contribution in [0.4, 0.5) is 17.6 Å². The van der Waals surface area contributed by atoms with Crippen LogP contribution in [0.3, 0.4) is 0 Å². The monoisotopic (exact) mass is 299 g/mol. The standard InChI is InChI=1S/C15H13F4NO/c1-20-9-10-5-6-13(8-14(10)15(17,18)19)21-12-4-2-3-11(16)7-12/h2-8,20H,9H2,1H3. The second kappa shape index (κ2) is 6.13. The van der Waals surface area contributed by atoms with E-state index in [2.05, 4.69) is 5.32 Å². The fourth-order valence-corrected chi connectivity index (χ4v) is 1.89. The Kier molecular flexibility index (Phi) is 4.47. The second-order valence-corrected chi connectivity index (χ2v) is 4.41. The molecule has 0 aliphatic carbocycles. The van der Waals surface area contributed by atoms with Crippen LogP contribution in [0.1, 0.15) is 11.1 Å². The van der Waals surface area contributed by atoms with Gasteiger partial charge in [-0.2, -0.15) is 13.2 Å². The maximum Gasteiger partial charge on any atom is 0.416 e. The van der Waals surface area contributed by atoms with Crippen molar-refractivity contribution in [2.75, 3.05) is 7.05 Å². The van der Waals surface area contributed by atoms with Crippen molar-refractivity contribution in [3.8, 4) is 11.5 Å². The molecule has 112 valence electrons. The first-order chi connectivity index (χ1) is 9.90. The quantitative estimate of drug-likeness (QED) is 0.847. The summed E-state index contributed by atoms with van der Waals surface area (Å²) < 4.78 is 57.3. The van der Waals surface area contributed by atoms with Gasteiger partial charge in [0.1, 0.15) is 17.3 Å². The Morgan fingerprint density at radius 3 is 2.38 bits per heavy atom. The number of ether oxygens (including phenoxy) is 1. The average molecular weight is 299 g/mol. The lowest BCUT2D eigenvalue weighted by Gasteiger charge is -2.15. The number of halogens is 4. The molecule has 2 aromatic carbocycles. The highest BCUT2D eigenvalue weighted by molar-refractivity contribution is 5.40. The van der Waals surface area contributed by atoms with Gasteiger partial charge in [-0.25, -0.2) is 4.39 Å². The molecule has 0 aromatic heterocycles. The minimum Gasteiger partial charge on any atom is -0.457 e. The van der Waals surface area contributed by atoms with Crippen molar-refractivity contribution in [2.45, 2.75) is 12.7 Å². The zero-order valence-electron chi connectivity index (χ0n) is 11.2. The lowest BCUT2D eigenvalue weighted by molar-refractivity contribution is -0.138. The van der Waals surface area contributed by atoms with Gasteiger partial charge in [-0.15, -0.1) is 0 Å². The SMILES string of the molecule is CNCc1ccc(Oc2cccc(F)c2)cc1C(F)(F)F. The third kappa shape index (κ3) is 3.95. The van der Waals surface area contributed by atoms with Crippen LogP contribution in [0.15, 0.2) is 42.5 Å².